The predicted molar refractivity (Wildman–Crippen MR) is 52.8 cm³/mol. The monoisotopic (exact) mass is 206 g/mol. The van der Waals surface area contributed by atoms with Crippen LogP contribution in [0.5, 0.6) is 0 Å². The third-order valence-corrected chi connectivity index (χ3v) is 4.19. The van der Waals surface area contributed by atoms with Gasteiger partial charge in [0.2, 0.25) is 10.0 Å². The summed E-state index contributed by atoms with van der Waals surface area (Å²) in [6.07, 6.45) is 3.01. The highest BCUT2D eigenvalue weighted by atomic mass is 32.2. The van der Waals surface area contributed by atoms with Gasteiger partial charge in [-0.05, 0) is 24.8 Å². The third kappa shape index (κ3) is 2.65. The van der Waals surface area contributed by atoms with Gasteiger partial charge in [-0.25, -0.2) is 12.7 Å². The summed E-state index contributed by atoms with van der Waals surface area (Å²) in [5.74, 6) is 0. The minimum absolute atomic E-state index is 0.140. The van der Waals surface area contributed by atoms with Gasteiger partial charge in [0.15, 0.2) is 0 Å². The van der Waals surface area contributed by atoms with Crippen LogP contribution in [0, 0.1) is 5.41 Å². The number of piperidine rings is 1. The molecule has 4 nitrogen and oxygen atoms in total. The summed E-state index contributed by atoms with van der Waals surface area (Å²) in [5, 5.41) is 0. The minimum atomic E-state index is -2.99. The first-order valence-electron chi connectivity index (χ1n) is 4.53. The van der Waals surface area contributed by atoms with E-state index in [2.05, 4.69) is 6.92 Å². The molecule has 0 bridgehead atoms. The number of hydrogen-bond acceptors (Lipinski definition) is 3. The molecule has 1 saturated heterocycles. The molecule has 0 spiro atoms. The van der Waals surface area contributed by atoms with Crippen LogP contribution in [0.4, 0.5) is 0 Å². The predicted octanol–water partition coefficient (Wildman–Crippen LogP) is 0.00680. The summed E-state index contributed by atoms with van der Waals surface area (Å²) < 4.78 is 23.9. The average molecular weight is 206 g/mol. The van der Waals surface area contributed by atoms with E-state index in [-0.39, 0.29) is 5.41 Å². The fourth-order valence-electron chi connectivity index (χ4n) is 1.56. The SMILES string of the molecule is CC1(CN)CCN(S(C)(=O)=O)CC1. The summed E-state index contributed by atoms with van der Waals surface area (Å²) in [7, 11) is -2.99. The van der Waals surface area contributed by atoms with Crippen LogP contribution in [-0.2, 0) is 10.0 Å². The second-order valence-corrected chi connectivity index (χ2v) is 6.16. The Balaban J connectivity index is 2.58. The van der Waals surface area contributed by atoms with Crippen LogP contribution in [0.3, 0.4) is 0 Å². The zero-order valence-electron chi connectivity index (χ0n) is 8.28. The van der Waals surface area contributed by atoms with Crippen molar-refractivity contribution in [2.24, 2.45) is 11.1 Å². The molecule has 1 aliphatic heterocycles. The summed E-state index contributed by atoms with van der Waals surface area (Å²) in [6.45, 7) is 4.00. The third-order valence-electron chi connectivity index (χ3n) is 2.89. The zero-order chi connectivity index (χ0) is 10.1. The van der Waals surface area contributed by atoms with Crippen molar-refractivity contribution in [3.05, 3.63) is 0 Å². The molecule has 2 N–H and O–H groups in total. The normalized spacial score (nSPS) is 24.5. The van der Waals surface area contributed by atoms with Gasteiger partial charge < -0.3 is 5.73 Å². The molecule has 78 valence electrons. The van der Waals surface area contributed by atoms with Gasteiger partial charge in [0.1, 0.15) is 0 Å². The zero-order valence-corrected chi connectivity index (χ0v) is 9.10. The van der Waals surface area contributed by atoms with E-state index >= 15 is 0 Å². The topological polar surface area (TPSA) is 63.4 Å². The van der Waals surface area contributed by atoms with Crippen molar-refractivity contribution >= 4 is 10.0 Å². The van der Waals surface area contributed by atoms with Crippen LogP contribution in [0.2, 0.25) is 0 Å². The van der Waals surface area contributed by atoms with E-state index in [4.69, 9.17) is 5.73 Å². The molecule has 0 aromatic carbocycles. The van der Waals surface area contributed by atoms with Crippen molar-refractivity contribution in [2.45, 2.75) is 19.8 Å². The molecule has 0 aromatic heterocycles. The quantitative estimate of drug-likeness (QED) is 0.692. The maximum absolute atomic E-state index is 11.2. The molecular weight excluding hydrogens is 188 g/mol. The van der Waals surface area contributed by atoms with Crippen molar-refractivity contribution in [1.29, 1.82) is 0 Å². The first kappa shape index (κ1) is 10.9. The standard InChI is InChI=1S/C8H18N2O2S/c1-8(7-9)3-5-10(6-4-8)13(2,11)12/h3-7,9H2,1-2H3. The van der Waals surface area contributed by atoms with Gasteiger partial charge in [-0.2, -0.15) is 0 Å². The van der Waals surface area contributed by atoms with Gasteiger partial charge in [-0.3, -0.25) is 0 Å². The maximum atomic E-state index is 11.2. The highest BCUT2D eigenvalue weighted by molar-refractivity contribution is 7.88. The molecule has 0 aliphatic carbocycles. The number of nitrogens with two attached hydrogens (primary N) is 1. The lowest BCUT2D eigenvalue weighted by molar-refractivity contribution is 0.183. The largest absolute Gasteiger partial charge is 0.330 e. The van der Waals surface area contributed by atoms with Crippen LogP contribution >= 0.6 is 0 Å². The van der Waals surface area contributed by atoms with Gasteiger partial charge >= 0.3 is 0 Å². The van der Waals surface area contributed by atoms with Crippen molar-refractivity contribution in [1.82, 2.24) is 4.31 Å². The lowest BCUT2D eigenvalue weighted by Crippen LogP contribution is -2.44. The molecule has 1 fully saturated rings. The van der Waals surface area contributed by atoms with E-state index in [0.29, 0.717) is 19.6 Å². The van der Waals surface area contributed by atoms with Gasteiger partial charge in [0.05, 0.1) is 6.26 Å². The van der Waals surface area contributed by atoms with E-state index in [1.54, 1.807) is 0 Å². The Labute approximate surface area is 80.1 Å². The average Bonchev–Trinajstić information content (AvgIpc) is 2.04. The molecule has 0 aromatic rings. The van der Waals surface area contributed by atoms with Crippen molar-refractivity contribution < 1.29 is 8.42 Å². The van der Waals surface area contributed by atoms with Gasteiger partial charge in [0.25, 0.3) is 0 Å². The van der Waals surface area contributed by atoms with E-state index in [9.17, 15) is 8.42 Å². The summed E-state index contributed by atoms with van der Waals surface area (Å²) in [6, 6.07) is 0. The minimum Gasteiger partial charge on any atom is -0.330 e. The Morgan fingerprint density at radius 2 is 1.85 bits per heavy atom. The maximum Gasteiger partial charge on any atom is 0.211 e. The molecule has 0 saturated carbocycles. The van der Waals surface area contributed by atoms with Crippen molar-refractivity contribution in [3.63, 3.8) is 0 Å². The second-order valence-electron chi connectivity index (χ2n) is 4.18. The summed E-state index contributed by atoms with van der Waals surface area (Å²) in [4.78, 5) is 0. The van der Waals surface area contributed by atoms with Crippen LogP contribution in [-0.4, -0.2) is 38.6 Å². The first-order valence-corrected chi connectivity index (χ1v) is 6.37. The Morgan fingerprint density at radius 3 is 2.15 bits per heavy atom. The molecule has 1 rings (SSSR count). The molecule has 0 unspecified atom stereocenters. The molecule has 0 atom stereocenters. The Morgan fingerprint density at radius 1 is 1.38 bits per heavy atom. The first-order chi connectivity index (χ1) is 5.87. The van der Waals surface area contributed by atoms with Gasteiger partial charge in [-0.1, -0.05) is 6.92 Å². The number of nitrogens with zero attached hydrogens (tertiary/aromatic N) is 1. The second kappa shape index (κ2) is 3.55. The van der Waals surface area contributed by atoms with Gasteiger partial charge in [-0.15, -0.1) is 0 Å². The molecule has 1 aliphatic rings. The number of hydrogen-bond donors (Lipinski definition) is 1. The Hall–Kier alpha value is -0.130. The molecule has 0 amide bonds. The highest BCUT2D eigenvalue weighted by Crippen LogP contribution is 2.30. The lowest BCUT2D eigenvalue weighted by atomic mass is 9.81. The van der Waals surface area contributed by atoms with E-state index in [1.807, 2.05) is 0 Å². The summed E-state index contributed by atoms with van der Waals surface area (Å²) in [5.41, 5.74) is 5.76. The van der Waals surface area contributed by atoms with E-state index in [1.165, 1.54) is 10.6 Å². The smallest absolute Gasteiger partial charge is 0.211 e. The molecule has 13 heavy (non-hydrogen) atoms. The van der Waals surface area contributed by atoms with Crippen LogP contribution < -0.4 is 5.73 Å². The molecular formula is C8H18N2O2S. The molecule has 1 heterocycles. The van der Waals surface area contributed by atoms with Gasteiger partial charge in [0, 0.05) is 13.1 Å². The Kier molecular flexibility index (Phi) is 2.99. The highest BCUT2D eigenvalue weighted by Gasteiger charge is 2.31. The van der Waals surface area contributed by atoms with Crippen LogP contribution in [0.15, 0.2) is 0 Å². The van der Waals surface area contributed by atoms with E-state index < -0.39 is 10.0 Å². The number of sulfonamides is 1. The fraction of sp³-hybridized carbons (Fsp3) is 1.00. The molecule has 0 radical (unpaired) electrons. The Bertz CT molecular complexity index is 266. The van der Waals surface area contributed by atoms with Crippen LogP contribution in [0.1, 0.15) is 19.8 Å². The van der Waals surface area contributed by atoms with Crippen molar-refractivity contribution in [3.8, 4) is 0 Å². The van der Waals surface area contributed by atoms with E-state index in [0.717, 1.165) is 12.8 Å². The molecule has 5 heteroatoms. The lowest BCUT2D eigenvalue weighted by Gasteiger charge is -2.37. The van der Waals surface area contributed by atoms with Crippen molar-refractivity contribution in [2.75, 3.05) is 25.9 Å². The fourth-order valence-corrected chi connectivity index (χ4v) is 2.41. The number of rotatable bonds is 2. The summed E-state index contributed by atoms with van der Waals surface area (Å²) >= 11 is 0. The van der Waals surface area contributed by atoms with Crippen LogP contribution in [0.25, 0.3) is 0 Å².